The molecule has 0 N–H and O–H groups in total. The molecule has 0 heterocycles. The van der Waals surface area contributed by atoms with Crippen molar-refractivity contribution in [1.29, 1.82) is 0 Å². The molecule has 0 saturated carbocycles. The van der Waals surface area contributed by atoms with Gasteiger partial charge in [-0.2, -0.15) is 0 Å². The number of methoxy groups -OCH3 is 1. The molecular formula is C18H18O3. The molecule has 0 saturated heterocycles. The molecule has 3 nitrogen and oxygen atoms in total. The van der Waals surface area contributed by atoms with Gasteiger partial charge in [-0.1, -0.05) is 36.4 Å². The molecule has 108 valence electrons. The van der Waals surface area contributed by atoms with Crippen molar-refractivity contribution in [2.45, 2.75) is 19.8 Å². The van der Waals surface area contributed by atoms with E-state index in [1.54, 1.807) is 18.2 Å². The van der Waals surface area contributed by atoms with Gasteiger partial charge < -0.3 is 4.74 Å². The zero-order valence-corrected chi connectivity index (χ0v) is 12.3. The molecule has 0 spiro atoms. The number of hydrogen-bond acceptors (Lipinski definition) is 3. The van der Waals surface area contributed by atoms with Gasteiger partial charge >= 0.3 is 5.97 Å². The zero-order chi connectivity index (χ0) is 15.2. The Morgan fingerprint density at radius 3 is 2.38 bits per heavy atom. The van der Waals surface area contributed by atoms with Crippen LogP contribution < -0.4 is 0 Å². The van der Waals surface area contributed by atoms with Crippen LogP contribution in [-0.4, -0.2) is 18.9 Å². The van der Waals surface area contributed by atoms with Crippen LogP contribution in [0, 0.1) is 6.92 Å². The number of ketones is 1. The molecule has 0 aliphatic rings. The van der Waals surface area contributed by atoms with E-state index in [4.69, 9.17) is 0 Å². The summed E-state index contributed by atoms with van der Waals surface area (Å²) in [6.45, 7) is 1.84. The van der Waals surface area contributed by atoms with Crippen molar-refractivity contribution in [1.82, 2.24) is 0 Å². The van der Waals surface area contributed by atoms with E-state index >= 15 is 0 Å². The van der Waals surface area contributed by atoms with Crippen molar-refractivity contribution < 1.29 is 14.3 Å². The van der Waals surface area contributed by atoms with Crippen LogP contribution in [0.2, 0.25) is 0 Å². The van der Waals surface area contributed by atoms with Gasteiger partial charge in [0.25, 0.3) is 0 Å². The second-order valence-electron chi connectivity index (χ2n) is 4.93. The summed E-state index contributed by atoms with van der Waals surface area (Å²) in [7, 11) is 1.34. The monoisotopic (exact) mass is 282 g/mol. The van der Waals surface area contributed by atoms with Crippen LogP contribution in [0.3, 0.4) is 0 Å². The van der Waals surface area contributed by atoms with Crippen molar-refractivity contribution in [2.24, 2.45) is 0 Å². The number of hydrogen-bond donors (Lipinski definition) is 0. The third-order valence-corrected chi connectivity index (χ3v) is 3.43. The maximum atomic E-state index is 12.3. The summed E-state index contributed by atoms with van der Waals surface area (Å²) in [5.41, 5.74) is 3.08. The van der Waals surface area contributed by atoms with E-state index in [1.165, 1.54) is 7.11 Å². The average Bonchev–Trinajstić information content (AvgIpc) is 2.52. The van der Waals surface area contributed by atoms with Gasteiger partial charge in [-0.25, -0.2) is 4.79 Å². The number of benzene rings is 2. The number of esters is 1. The fourth-order valence-electron chi connectivity index (χ4n) is 2.26. The Balaban J connectivity index is 2.07. The van der Waals surface area contributed by atoms with Crippen LogP contribution in [0.4, 0.5) is 0 Å². The summed E-state index contributed by atoms with van der Waals surface area (Å²) in [5, 5.41) is 0. The standard InChI is InChI=1S/C18H18O3/c1-13-12-15(18(20)21-2)9-10-16(13)17(19)11-8-14-6-4-3-5-7-14/h3-7,9-10,12H,8,11H2,1-2H3. The minimum atomic E-state index is -0.388. The van der Waals surface area contributed by atoms with Crippen LogP contribution in [0.15, 0.2) is 48.5 Å². The van der Waals surface area contributed by atoms with Crippen LogP contribution in [0.1, 0.15) is 38.3 Å². The highest BCUT2D eigenvalue weighted by Gasteiger charge is 2.12. The van der Waals surface area contributed by atoms with Gasteiger partial charge in [0.05, 0.1) is 12.7 Å². The average molecular weight is 282 g/mol. The third kappa shape index (κ3) is 3.78. The van der Waals surface area contributed by atoms with Crippen LogP contribution >= 0.6 is 0 Å². The zero-order valence-electron chi connectivity index (χ0n) is 12.3. The van der Waals surface area contributed by atoms with Gasteiger partial charge in [-0.15, -0.1) is 0 Å². The predicted octanol–water partition coefficient (Wildman–Crippen LogP) is 3.60. The number of Topliss-reactive ketones (excluding diaryl/α,β-unsaturated/α-hetero) is 1. The lowest BCUT2D eigenvalue weighted by atomic mass is 9.97. The Morgan fingerprint density at radius 2 is 1.76 bits per heavy atom. The first-order chi connectivity index (χ1) is 10.1. The maximum absolute atomic E-state index is 12.3. The molecule has 2 aromatic rings. The third-order valence-electron chi connectivity index (χ3n) is 3.43. The lowest BCUT2D eigenvalue weighted by Gasteiger charge is -2.07. The van der Waals surface area contributed by atoms with Gasteiger partial charge in [0.2, 0.25) is 0 Å². The number of carbonyl (C=O) groups excluding carboxylic acids is 2. The topological polar surface area (TPSA) is 43.4 Å². The summed E-state index contributed by atoms with van der Waals surface area (Å²) in [6, 6.07) is 15.0. The van der Waals surface area contributed by atoms with Crippen molar-refractivity contribution in [3.05, 3.63) is 70.8 Å². The molecule has 3 heteroatoms. The number of ether oxygens (including phenoxy) is 1. The quantitative estimate of drug-likeness (QED) is 0.621. The Kier molecular flexibility index (Phi) is 4.88. The van der Waals surface area contributed by atoms with E-state index in [-0.39, 0.29) is 11.8 Å². The minimum absolute atomic E-state index is 0.0905. The van der Waals surface area contributed by atoms with Gasteiger partial charge in [0, 0.05) is 12.0 Å². The van der Waals surface area contributed by atoms with Crippen LogP contribution in [0.5, 0.6) is 0 Å². The van der Waals surface area contributed by atoms with Crippen molar-refractivity contribution in [3.8, 4) is 0 Å². The molecule has 0 aromatic heterocycles. The second kappa shape index (κ2) is 6.84. The fraction of sp³-hybridized carbons (Fsp3) is 0.222. The summed E-state index contributed by atoms with van der Waals surface area (Å²) in [6.07, 6.45) is 1.18. The lowest BCUT2D eigenvalue weighted by molar-refractivity contribution is 0.0600. The molecule has 0 unspecified atom stereocenters. The molecule has 0 radical (unpaired) electrons. The molecule has 21 heavy (non-hydrogen) atoms. The Hall–Kier alpha value is -2.42. The Morgan fingerprint density at radius 1 is 1.05 bits per heavy atom. The van der Waals surface area contributed by atoms with E-state index in [9.17, 15) is 9.59 Å². The van der Waals surface area contributed by atoms with E-state index in [2.05, 4.69) is 4.74 Å². The van der Waals surface area contributed by atoms with Crippen LogP contribution in [0.25, 0.3) is 0 Å². The summed E-state index contributed by atoms with van der Waals surface area (Å²) < 4.78 is 4.67. The van der Waals surface area contributed by atoms with Crippen LogP contribution in [-0.2, 0) is 11.2 Å². The van der Waals surface area contributed by atoms with E-state index in [1.807, 2.05) is 37.3 Å². The van der Waals surface area contributed by atoms with Gasteiger partial charge in [-0.3, -0.25) is 4.79 Å². The number of rotatable bonds is 5. The Labute approximate surface area is 124 Å². The van der Waals surface area contributed by atoms with E-state index in [0.717, 1.165) is 17.5 Å². The van der Waals surface area contributed by atoms with Crippen molar-refractivity contribution in [3.63, 3.8) is 0 Å². The molecule has 0 amide bonds. The molecular weight excluding hydrogens is 264 g/mol. The van der Waals surface area contributed by atoms with Crippen molar-refractivity contribution >= 4 is 11.8 Å². The van der Waals surface area contributed by atoms with Gasteiger partial charge in [0.15, 0.2) is 5.78 Å². The highest BCUT2D eigenvalue weighted by molar-refractivity contribution is 5.99. The SMILES string of the molecule is COC(=O)c1ccc(C(=O)CCc2ccccc2)c(C)c1. The molecule has 0 aliphatic carbocycles. The highest BCUT2D eigenvalue weighted by atomic mass is 16.5. The summed E-state index contributed by atoms with van der Waals surface area (Å²) >= 11 is 0. The Bertz CT molecular complexity index is 645. The molecule has 2 rings (SSSR count). The smallest absolute Gasteiger partial charge is 0.337 e. The molecule has 0 atom stereocenters. The number of aryl methyl sites for hydroxylation is 2. The molecule has 0 bridgehead atoms. The molecule has 2 aromatic carbocycles. The van der Waals surface area contributed by atoms with Gasteiger partial charge in [-0.05, 0) is 36.6 Å². The lowest BCUT2D eigenvalue weighted by Crippen LogP contribution is -2.07. The summed E-state index contributed by atoms with van der Waals surface area (Å²) in [4.78, 5) is 23.7. The maximum Gasteiger partial charge on any atom is 0.337 e. The molecule has 0 fully saturated rings. The summed E-state index contributed by atoms with van der Waals surface area (Å²) in [5.74, 6) is -0.297. The fourth-order valence-corrected chi connectivity index (χ4v) is 2.26. The van der Waals surface area contributed by atoms with E-state index in [0.29, 0.717) is 17.5 Å². The first-order valence-corrected chi connectivity index (χ1v) is 6.88. The second-order valence-corrected chi connectivity index (χ2v) is 4.93. The normalized spacial score (nSPS) is 10.2. The largest absolute Gasteiger partial charge is 0.465 e. The highest BCUT2D eigenvalue weighted by Crippen LogP contribution is 2.15. The first-order valence-electron chi connectivity index (χ1n) is 6.88. The first kappa shape index (κ1) is 15.0. The number of carbonyl (C=O) groups is 2. The molecule has 0 aliphatic heterocycles. The van der Waals surface area contributed by atoms with Crippen molar-refractivity contribution in [2.75, 3.05) is 7.11 Å². The predicted molar refractivity (Wildman–Crippen MR) is 81.6 cm³/mol. The minimum Gasteiger partial charge on any atom is -0.465 e. The van der Waals surface area contributed by atoms with Gasteiger partial charge in [0.1, 0.15) is 0 Å². The van der Waals surface area contributed by atoms with E-state index < -0.39 is 0 Å².